The fourth-order valence-corrected chi connectivity index (χ4v) is 3.69. The van der Waals surface area contributed by atoms with Crippen molar-refractivity contribution in [1.82, 2.24) is 5.48 Å². The molecule has 0 saturated carbocycles. The van der Waals surface area contributed by atoms with Gasteiger partial charge in [-0.05, 0) is 32.1 Å². The first-order valence-corrected chi connectivity index (χ1v) is 13.0. The molecule has 0 rings (SSSR count). The third-order valence-corrected chi connectivity index (χ3v) is 5.99. The Bertz CT molecular complexity index is 675. The van der Waals surface area contributed by atoms with Crippen LogP contribution in [0.1, 0.15) is 103 Å². The topological polar surface area (TPSA) is 147 Å². The number of nitrogens with one attached hydrogen (secondary N) is 1. The summed E-state index contributed by atoms with van der Waals surface area (Å²) in [5.41, 5.74) is 1.79. The number of hydroxylamine groups is 1. The van der Waals surface area contributed by atoms with Crippen molar-refractivity contribution >= 4 is 28.0 Å². The third kappa shape index (κ3) is 17.7. The SMILES string of the molecule is CCCCCCCC/C=C/CCCCCCCC(=O)NOC(=O)C(CC(=O)O)S(=O)(=O)O. The number of hydrogen-bond acceptors (Lipinski definition) is 6. The summed E-state index contributed by atoms with van der Waals surface area (Å²) in [5.74, 6) is -3.78. The summed E-state index contributed by atoms with van der Waals surface area (Å²) in [4.78, 5) is 38.2. The van der Waals surface area contributed by atoms with E-state index in [9.17, 15) is 22.8 Å². The lowest BCUT2D eigenvalue weighted by Gasteiger charge is -2.11. The molecule has 1 atom stereocenters. The molecule has 1 amide bonds. The third-order valence-electron chi connectivity index (χ3n) is 4.91. The van der Waals surface area contributed by atoms with Gasteiger partial charge in [-0.2, -0.15) is 13.9 Å². The quantitative estimate of drug-likeness (QED) is 0.108. The molecule has 0 spiro atoms. The highest BCUT2D eigenvalue weighted by molar-refractivity contribution is 7.87. The van der Waals surface area contributed by atoms with Crippen molar-refractivity contribution in [2.45, 2.75) is 108 Å². The second kappa shape index (κ2) is 18.6. The monoisotopic (exact) mass is 477 g/mol. The molecule has 0 heterocycles. The molecule has 0 aliphatic rings. The van der Waals surface area contributed by atoms with Crippen LogP contribution < -0.4 is 5.48 Å². The van der Waals surface area contributed by atoms with Gasteiger partial charge in [-0.25, -0.2) is 4.79 Å². The van der Waals surface area contributed by atoms with Crippen LogP contribution in [0.15, 0.2) is 12.2 Å². The number of hydrogen-bond donors (Lipinski definition) is 3. The molecule has 0 aromatic carbocycles. The molecule has 0 fully saturated rings. The highest BCUT2D eigenvalue weighted by Gasteiger charge is 2.35. The zero-order valence-corrected chi connectivity index (χ0v) is 19.9. The molecule has 0 aliphatic carbocycles. The lowest BCUT2D eigenvalue weighted by molar-refractivity contribution is -0.159. The van der Waals surface area contributed by atoms with E-state index < -0.39 is 39.6 Å². The van der Waals surface area contributed by atoms with Gasteiger partial charge in [0.15, 0.2) is 5.25 Å². The first kappa shape index (κ1) is 30.1. The molecule has 186 valence electrons. The van der Waals surface area contributed by atoms with Crippen LogP contribution in [0, 0.1) is 0 Å². The van der Waals surface area contributed by atoms with E-state index in [2.05, 4.69) is 23.9 Å². The number of amides is 1. The minimum Gasteiger partial charge on any atom is -0.481 e. The maximum absolute atomic E-state index is 11.7. The molecule has 0 saturated heterocycles. The van der Waals surface area contributed by atoms with Crippen molar-refractivity contribution in [3.05, 3.63) is 12.2 Å². The molecular formula is C22H39NO8S. The summed E-state index contributed by atoms with van der Waals surface area (Å²) >= 11 is 0. The number of carbonyl (C=O) groups excluding carboxylic acids is 2. The van der Waals surface area contributed by atoms with Crippen LogP contribution in [0.3, 0.4) is 0 Å². The molecule has 0 aliphatic heterocycles. The van der Waals surface area contributed by atoms with Gasteiger partial charge in [-0.15, -0.1) is 0 Å². The van der Waals surface area contributed by atoms with E-state index in [1.807, 2.05) is 0 Å². The van der Waals surface area contributed by atoms with Crippen LogP contribution in [0.2, 0.25) is 0 Å². The van der Waals surface area contributed by atoms with E-state index in [1.165, 1.54) is 38.5 Å². The smallest absolute Gasteiger partial charge is 0.353 e. The lowest BCUT2D eigenvalue weighted by atomic mass is 10.1. The van der Waals surface area contributed by atoms with Crippen LogP contribution in [0.4, 0.5) is 0 Å². The number of rotatable bonds is 19. The number of carboxylic acids is 1. The summed E-state index contributed by atoms with van der Waals surface area (Å²) < 4.78 is 31.0. The molecule has 9 nitrogen and oxygen atoms in total. The number of unbranched alkanes of at least 4 members (excludes halogenated alkanes) is 11. The molecule has 32 heavy (non-hydrogen) atoms. The van der Waals surface area contributed by atoms with Crippen molar-refractivity contribution in [3.63, 3.8) is 0 Å². The zero-order chi connectivity index (χ0) is 24.2. The van der Waals surface area contributed by atoms with Crippen molar-refractivity contribution in [3.8, 4) is 0 Å². The zero-order valence-electron chi connectivity index (χ0n) is 19.1. The minimum atomic E-state index is -4.96. The predicted octanol–water partition coefficient (Wildman–Crippen LogP) is 4.33. The van der Waals surface area contributed by atoms with Gasteiger partial charge >= 0.3 is 11.9 Å². The molecule has 0 bridgehead atoms. The molecule has 0 radical (unpaired) electrons. The van der Waals surface area contributed by atoms with E-state index in [1.54, 1.807) is 5.48 Å². The Morgan fingerprint density at radius 2 is 1.38 bits per heavy atom. The summed E-state index contributed by atoms with van der Waals surface area (Å²) in [6.45, 7) is 2.22. The molecular weight excluding hydrogens is 438 g/mol. The summed E-state index contributed by atoms with van der Waals surface area (Å²) in [5, 5.41) is 6.31. The number of carboxylic acid groups (broad SMARTS) is 1. The van der Waals surface area contributed by atoms with Crippen LogP contribution in [0.5, 0.6) is 0 Å². The van der Waals surface area contributed by atoms with E-state index in [0.29, 0.717) is 6.42 Å². The largest absolute Gasteiger partial charge is 0.481 e. The maximum atomic E-state index is 11.7. The maximum Gasteiger partial charge on any atom is 0.353 e. The Morgan fingerprint density at radius 1 is 0.875 bits per heavy atom. The molecule has 3 N–H and O–H groups in total. The lowest BCUT2D eigenvalue weighted by Crippen LogP contribution is -2.38. The highest BCUT2D eigenvalue weighted by atomic mass is 32.2. The van der Waals surface area contributed by atoms with Gasteiger partial charge in [0.2, 0.25) is 0 Å². The first-order valence-electron chi connectivity index (χ1n) is 11.5. The second-order valence-electron chi connectivity index (χ2n) is 7.88. The van der Waals surface area contributed by atoms with Gasteiger partial charge in [0.25, 0.3) is 16.0 Å². The van der Waals surface area contributed by atoms with Gasteiger partial charge in [-0.1, -0.05) is 70.4 Å². The van der Waals surface area contributed by atoms with Crippen molar-refractivity contribution in [2.75, 3.05) is 0 Å². The second-order valence-corrected chi connectivity index (χ2v) is 9.48. The van der Waals surface area contributed by atoms with Crippen LogP contribution in [-0.2, 0) is 29.3 Å². The van der Waals surface area contributed by atoms with Crippen LogP contribution in [-0.4, -0.2) is 41.2 Å². The van der Waals surface area contributed by atoms with E-state index >= 15 is 0 Å². The fraction of sp³-hybridized carbons (Fsp3) is 0.773. The van der Waals surface area contributed by atoms with Gasteiger partial charge in [0, 0.05) is 6.42 Å². The van der Waals surface area contributed by atoms with Gasteiger partial charge in [0.1, 0.15) is 0 Å². The minimum absolute atomic E-state index is 0.0842. The number of aliphatic carboxylic acids is 1. The van der Waals surface area contributed by atoms with Crippen LogP contribution >= 0.6 is 0 Å². The Labute approximate surface area is 191 Å². The Balaban J connectivity index is 3.72. The summed E-state index contributed by atoms with van der Waals surface area (Å²) in [6.07, 6.45) is 18.0. The molecule has 1 unspecified atom stereocenters. The Hall–Kier alpha value is -1.94. The normalized spacial score (nSPS) is 12.6. The number of allylic oxidation sites excluding steroid dienone is 2. The van der Waals surface area contributed by atoms with Crippen molar-refractivity contribution < 1.29 is 37.3 Å². The highest BCUT2D eigenvalue weighted by Crippen LogP contribution is 2.10. The van der Waals surface area contributed by atoms with Gasteiger partial charge < -0.3 is 9.94 Å². The average Bonchev–Trinajstić information content (AvgIpc) is 2.72. The van der Waals surface area contributed by atoms with E-state index in [4.69, 9.17) is 9.66 Å². The van der Waals surface area contributed by atoms with E-state index in [0.717, 1.165) is 38.5 Å². The Kier molecular flexibility index (Phi) is 17.5. The molecule has 0 aromatic rings. The first-order chi connectivity index (χ1) is 15.2. The van der Waals surface area contributed by atoms with Crippen molar-refractivity contribution in [2.24, 2.45) is 0 Å². The standard InChI is InChI=1S/C22H39NO8S/c1-2-3-4-5-6-7-8-9-10-11-12-13-14-15-16-17-20(24)23-31-22(27)19(18-21(25)26)32(28,29)30/h9-10,19H,2-8,11-18H2,1H3,(H,23,24)(H,25,26)(H,28,29,30)/b10-9+. The van der Waals surface area contributed by atoms with Gasteiger partial charge in [0.05, 0.1) is 6.42 Å². The molecule has 0 aromatic heterocycles. The predicted molar refractivity (Wildman–Crippen MR) is 121 cm³/mol. The summed E-state index contributed by atoms with van der Waals surface area (Å²) in [6, 6.07) is 0. The average molecular weight is 478 g/mol. The summed E-state index contributed by atoms with van der Waals surface area (Å²) in [7, 11) is -4.96. The Morgan fingerprint density at radius 3 is 1.88 bits per heavy atom. The van der Waals surface area contributed by atoms with E-state index in [-0.39, 0.29) is 6.42 Å². The van der Waals surface area contributed by atoms with Crippen molar-refractivity contribution in [1.29, 1.82) is 0 Å². The molecule has 10 heteroatoms. The van der Waals surface area contributed by atoms with Crippen LogP contribution in [0.25, 0.3) is 0 Å². The fourth-order valence-electron chi connectivity index (χ4n) is 3.05. The van der Waals surface area contributed by atoms with Gasteiger partial charge in [-0.3, -0.25) is 14.1 Å². The number of carbonyl (C=O) groups is 3.